The summed E-state index contributed by atoms with van der Waals surface area (Å²) in [5.74, 6) is 1.35. The Bertz CT molecular complexity index is 656. The maximum Gasteiger partial charge on any atom is 0.228 e. The number of nitrogens with one attached hydrogen (secondary N) is 1. The van der Waals surface area contributed by atoms with E-state index in [4.69, 9.17) is 0 Å². The Kier molecular flexibility index (Phi) is 4.16. The van der Waals surface area contributed by atoms with E-state index in [0.29, 0.717) is 11.4 Å². The zero-order valence-electron chi connectivity index (χ0n) is 14.1. The number of aromatic nitrogens is 3. The van der Waals surface area contributed by atoms with E-state index < -0.39 is 0 Å². The van der Waals surface area contributed by atoms with Crippen molar-refractivity contribution >= 4 is 11.8 Å². The van der Waals surface area contributed by atoms with Crippen LogP contribution in [0.2, 0.25) is 0 Å². The standard InChI is InChI=1S/C18H24N6/c1-23-13-18(14-23)5-9-24(10-6-18)12-15-3-4-16(21-11-15)22-17-19-7-2-8-20-17/h2-4,7-8,11H,5-6,9-10,12-14H2,1H3,(H,19,20,21,22). The minimum atomic E-state index is 0.574. The Hall–Kier alpha value is -2.05. The van der Waals surface area contributed by atoms with Gasteiger partial charge in [-0.25, -0.2) is 15.0 Å². The van der Waals surface area contributed by atoms with Gasteiger partial charge in [0.25, 0.3) is 0 Å². The van der Waals surface area contributed by atoms with E-state index >= 15 is 0 Å². The first kappa shape index (κ1) is 15.5. The van der Waals surface area contributed by atoms with E-state index in [0.717, 1.165) is 12.4 Å². The first-order chi connectivity index (χ1) is 11.7. The Balaban J connectivity index is 1.30. The fourth-order valence-electron chi connectivity index (χ4n) is 3.93. The molecule has 4 heterocycles. The monoisotopic (exact) mass is 324 g/mol. The van der Waals surface area contributed by atoms with Crippen LogP contribution in [0.5, 0.6) is 0 Å². The van der Waals surface area contributed by atoms with Crippen LogP contribution in [0.1, 0.15) is 18.4 Å². The van der Waals surface area contributed by atoms with E-state index in [2.05, 4.69) is 43.2 Å². The molecule has 6 nitrogen and oxygen atoms in total. The van der Waals surface area contributed by atoms with Gasteiger partial charge in [-0.2, -0.15) is 0 Å². The molecular formula is C18H24N6. The van der Waals surface area contributed by atoms with Crippen LogP contribution in [0.15, 0.2) is 36.8 Å². The van der Waals surface area contributed by atoms with Crippen LogP contribution in [-0.2, 0) is 6.54 Å². The third kappa shape index (κ3) is 3.39. The Morgan fingerprint density at radius 1 is 1.08 bits per heavy atom. The molecule has 4 rings (SSSR count). The van der Waals surface area contributed by atoms with Crippen molar-refractivity contribution in [2.24, 2.45) is 5.41 Å². The summed E-state index contributed by atoms with van der Waals surface area (Å²) in [6.07, 6.45) is 8.04. The van der Waals surface area contributed by atoms with E-state index in [9.17, 15) is 0 Å². The third-order valence-electron chi connectivity index (χ3n) is 5.16. The second kappa shape index (κ2) is 6.45. The zero-order chi connectivity index (χ0) is 16.4. The van der Waals surface area contributed by atoms with Crippen LogP contribution in [0.3, 0.4) is 0 Å². The van der Waals surface area contributed by atoms with Crippen LogP contribution in [0, 0.1) is 5.41 Å². The van der Waals surface area contributed by atoms with Crippen LogP contribution in [0.25, 0.3) is 0 Å². The highest BCUT2D eigenvalue weighted by molar-refractivity contribution is 5.47. The summed E-state index contributed by atoms with van der Waals surface area (Å²) in [4.78, 5) is 17.8. The average molecular weight is 324 g/mol. The summed E-state index contributed by atoms with van der Waals surface area (Å²) >= 11 is 0. The molecular weight excluding hydrogens is 300 g/mol. The summed E-state index contributed by atoms with van der Waals surface area (Å²) in [5.41, 5.74) is 1.88. The maximum atomic E-state index is 4.48. The third-order valence-corrected chi connectivity index (χ3v) is 5.16. The van der Waals surface area contributed by atoms with Crippen molar-refractivity contribution in [2.75, 3.05) is 38.5 Å². The number of nitrogens with zero attached hydrogens (tertiary/aromatic N) is 5. The lowest BCUT2D eigenvalue weighted by Crippen LogP contribution is -2.58. The molecule has 2 fully saturated rings. The first-order valence-corrected chi connectivity index (χ1v) is 8.61. The summed E-state index contributed by atoms with van der Waals surface area (Å²) in [6, 6.07) is 5.93. The molecule has 2 aliphatic rings. The molecule has 0 saturated carbocycles. The average Bonchev–Trinajstić information content (AvgIpc) is 2.58. The normalized spacial score (nSPS) is 20.7. The maximum absolute atomic E-state index is 4.48. The minimum absolute atomic E-state index is 0.574. The van der Waals surface area contributed by atoms with E-state index in [1.165, 1.54) is 44.6 Å². The molecule has 0 aliphatic carbocycles. The van der Waals surface area contributed by atoms with Crippen molar-refractivity contribution in [2.45, 2.75) is 19.4 Å². The highest BCUT2D eigenvalue weighted by Crippen LogP contribution is 2.39. The molecule has 1 spiro atoms. The number of piperidine rings is 1. The highest BCUT2D eigenvalue weighted by atomic mass is 15.2. The second-order valence-electron chi connectivity index (χ2n) is 7.20. The summed E-state index contributed by atoms with van der Waals surface area (Å²) in [6.45, 7) is 5.95. The number of anilines is 2. The number of hydrogen-bond donors (Lipinski definition) is 1. The number of likely N-dealkylation sites (tertiary alicyclic amines) is 2. The van der Waals surface area contributed by atoms with Gasteiger partial charge in [0.05, 0.1) is 0 Å². The van der Waals surface area contributed by atoms with Gasteiger partial charge in [0.1, 0.15) is 5.82 Å². The van der Waals surface area contributed by atoms with Crippen molar-refractivity contribution in [1.82, 2.24) is 24.8 Å². The van der Waals surface area contributed by atoms with Crippen LogP contribution in [0.4, 0.5) is 11.8 Å². The molecule has 24 heavy (non-hydrogen) atoms. The van der Waals surface area contributed by atoms with Gasteiger partial charge in [-0.15, -0.1) is 0 Å². The Morgan fingerprint density at radius 2 is 1.83 bits per heavy atom. The van der Waals surface area contributed by atoms with Gasteiger partial charge in [-0.1, -0.05) is 6.07 Å². The van der Waals surface area contributed by atoms with E-state index in [1.807, 2.05) is 12.3 Å². The van der Waals surface area contributed by atoms with Gasteiger partial charge in [0, 0.05) is 38.2 Å². The Morgan fingerprint density at radius 3 is 2.46 bits per heavy atom. The molecule has 0 radical (unpaired) electrons. The van der Waals surface area contributed by atoms with Crippen LogP contribution >= 0.6 is 0 Å². The van der Waals surface area contributed by atoms with Crippen molar-refractivity contribution in [1.29, 1.82) is 0 Å². The molecule has 2 aromatic heterocycles. The van der Waals surface area contributed by atoms with Gasteiger partial charge in [-0.3, -0.25) is 4.90 Å². The van der Waals surface area contributed by atoms with Gasteiger partial charge in [-0.05, 0) is 56.1 Å². The summed E-state index contributed by atoms with van der Waals surface area (Å²) in [7, 11) is 2.22. The second-order valence-corrected chi connectivity index (χ2v) is 7.20. The lowest BCUT2D eigenvalue weighted by atomic mass is 9.72. The molecule has 0 aromatic carbocycles. The van der Waals surface area contributed by atoms with Gasteiger partial charge in [0.2, 0.25) is 5.95 Å². The van der Waals surface area contributed by atoms with Crippen molar-refractivity contribution in [3.05, 3.63) is 42.4 Å². The predicted octanol–water partition coefficient (Wildman–Crippen LogP) is 2.14. The van der Waals surface area contributed by atoms with Crippen LogP contribution < -0.4 is 5.32 Å². The molecule has 2 saturated heterocycles. The van der Waals surface area contributed by atoms with Crippen molar-refractivity contribution in [3.63, 3.8) is 0 Å². The molecule has 0 bridgehead atoms. The topological polar surface area (TPSA) is 57.2 Å². The molecule has 126 valence electrons. The fourth-order valence-corrected chi connectivity index (χ4v) is 3.93. The molecule has 2 aromatic rings. The molecule has 1 N–H and O–H groups in total. The van der Waals surface area contributed by atoms with E-state index in [1.54, 1.807) is 18.5 Å². The lowest BCUT2D eigenvalue weighted by Gasteiger charge is -2.53. The molecule has 0 unspecified atom stereocenters. The molecule has 0 amide bonds. The number of rotatable bonds is 4. The number of hydrogen-bond acceptors (Lipinski definition) is 6. The first-order valence-electron chi connectivity index (χ1n) is 8.61. The van der Waals surface area contributed by atoms with Gasteiger partial charge in [0.15, 0.2) is 0 Å². The predicted molar refractivity (Wildman–Crippen MR) is 94.0 cm³/mol. The lowest BCUT2D eigenvalue weighted by molar-refractivity contribution is -0.0329. The fraction of sp³-hybridized carbons (Fsp3) is 0.500. The molecule has 0 atom stereocenters. The number of pyridine rings is 1. The van der Waals surface area contributed by atoms with Gasteiger partial charge >= 0.3 is 0 Å². The minimum Gasteiger partial charge on any atom is -0.309 e. The SMILES string of the molecule is CN1CC2(CCN(Cc3ccc(Nc4ncccn4)nc3)CC2)C1. The zero-order valence-corrected chi connectivity index (χ0v) is 14.1. The van der Waals surface area contributed by atoms with Crippen molar-refractivity contribution < 1.29 is 0 Å². The van der Waals surface area contributed by atoms with Gasteiger partial charge < -0.3 is 10.2 Å². The molecule has 6 heteroatoms. The van der Waals surface area contributed by atoms with Crippen molar-refractivity contribution in [3.8, 4) is 0 Å². The molecule has 2 aliphatic heterocycles. The quantitative estimate of drug-likeness (QED) is 0.930. The summed E-state index contributed by atoms with van der Waals surface area (Å²) < 4.78 is 0. The van der Waals surface area contributed by atoms with Crippen LogP contribution in [-0.4, -0.2) is 58.0 Å². The Labute approximate surface area is 142 Å². The van der Waals surface area contributed by atoms with E-state index in [-0.39, 0.29) is 0 Å². The smallest absolute Gasteiger partial charge is 0.228 e. The largest absolute Gasteiger partial charge is 0.309 e. The summed E-state index contributed by atoms with van der Waals surface area (Å²) in [5, 5.41) is 3.11. The highest BCUT2D eigenvalue weighted by Gasteiger charge is 2.42.